The Morgan fingerprint density at radius 3 is 2.72 bits per heavy atom. The van der Waals surface area contributed by atoms with Gasteiger partial charge >= 0.3 is 6.03 Å². The lowest BCUT2D eigenvalue weighted by atomic mass is 10.2. The van der Waals surface area contributed by atoms with E-state index in [2.05, 4.69) is 15.7 Å². The molecule has 1 aromatic rings. The van der Waals surface area contributed by atoms with Crippen LogP contribution in [0.2, 0.25) is 0 Å². The summed E-state index contributed by atoms with van der Waals surface area (Å²) in [5, 5.41) is 19.6. The minimum atomic E-state index is -0.514. The SMILES string of the molecule is O=C(NCO)N(Cc1ccccc1)N=NCCCl. The molecular formula is C11H15ClN4O2. The van der Waals surface area contributed by atoms with Gasteiger partial charge in [-0.15, -0.1) is 11.6 Å². The number of alkyl halides is 1. The molecule has 2 amide bonds. The van der Waals surface area contributed by atoms with E-state index in [4.69, 9.17) is 16.7 Å². The zero-order valence-electron chi connectivity index (χ0n) is 9.79. The van der Waals surface area contributed by atoms with Gasteiger partial charge in [0.2, 0.25) is 0 Å². The summed E-state index contributed by atoms with van der Waals surface area (Å²) in [6.45, 7) is 0.160. The molecule has 6 nitrogen and oxygen atoms in total. The van der Waals surface area contributed by atoms with Crippen molar-refractivity contribution in [1.82, 2.24) is 10.3 Å². The quantitative estimate of drug-likeness (QED) is 0.358. The number of nitrogens with zero attached hydrogens (tertiary/aromatic N) is 3. The van der Waals surface area contributed by atoms with E-state index >= 15 is 0 Å². The molecule has 0 atom stereocenters. The summed E-state index contributed by atoms with van der Waals surface area (Å²) in [7, 11) is 0. The van der Waals surface area contributed by atoms with E-state index in [-0.39, 0.29) is 6.54 Å². The van der Waals surface area contributed by atoms with Crippen molar-refractivity contribution in [2.75, 3.05) is 19.2 Å². The standard InChI is InChI=1S/C11H15ClN4O2/c12-6-7-14-15-16(11(18)13-9-17)8-10-4-2-1-3-5-10/h1-5,17H,6-9H2,(H,13,18). The Labute approximate surface area is 110 Å². The predicted octanol–water partition coefficient (Wildman–Crippen LogP) is 1.75. The maximum atomic E-state index is 11.6. The molecule has 98 valence electrons. The van der Waals surface area contributed by atoms with Crippen molar-refractivity contribution >= 4 is 17.6 Å². The molecule has 0 saturated heterocycles. The Bertz CT molecular complexity index is 386. The highest BCUT2D eigenvalue weighted by atomic mass is 35.5. The fourth-order valence-corrected chi connectivity index (χ4v) is 1.29. The second-order valence-corrected chi connectivity index (χ2v) is 3.70. The molecule has 2 N–H and O–H groups in total. The van der Waals surface area contributed by atoms with E-state index in [0.29, 0.717) is 12.4 Å². The Morgan fingerprint density at radius 1 is 1.39 bits per heavy atom. The maximum absolute atomic E-state index is 11.6. The Balaban J connectivity index is 2.68. The van der Waals surface area contributed by atoms with Crippen LogP contribution in [0.3, 0.4) is 0 Å². The third-order valence-electron chi connectivity index (χ3n) is 2.00. The monoisotopic (exact) mass is 270 g/mol. The number of aliphatic hydroxyl groups excluding tert-OH is 1. The van der Waals surface area contributed by atoms with Gasteiger partial charge in [0.05, 0.1) is 13.1 Å². The van der Waals surface area contributed by atoms with E-state index in [1.807, 2.05) is 30.3 Å². The van der Waals surface area contributed by atoms with Crippen LogP contribution >= 0.6 is 11.6 Å². The summed E-state index contributed by atoms with van der Waals surface area (Å²) < 4.78 is 0. The summed E-state index contributed by atoms with van der Waals surface area (Å²) in [6.07, 6.45) is 0. The second-order valence-electron chi connectivity index (χ2n) is 3.33. The summed E-state index contributed by atoms with van der Waals surface area (Å²) in [5.41, 5.74) is 0.912. The first-order valence-corrected chi connectivity index (χ1v) is 5.95. The maximum Gasteiger partial charge on any atom is 0.341 e. The van der Waals surface area contributed by atoms with E-state index in [0.717, 1.165) is 10.6 Å². The van der Waals surface area contributed by atoms with Crippen LogP contribution in [-0.4, -0.2) is 35.3 Å². The fraction of sp³-hybridized carbons (Fsp3) is 0.364. The van der Waals surface area contributed by atoms with E-state index < -0.39 is 12.8 Å². The molecular weight excluding hydrogens is 256 g/mol. The van der Waals surface area contributed by atoms with Crippen LogP contribution in [0, 0.1) is 0 Å². The molecule has 0 radical (unpaired) electrons. The molecule has 7 heteroatoms. The van der Waals surface area contributed by atoms with Crippen molar-refractivity contribution in [3.05, 3.63) is 35.9 Å². The summed E-state index contributed by atoms with van der Waals surface area (Å²) >= 11 is 5.47. The number of amides is 2. The van der Waals surface area contributed by atoms with Gasteiger partial charge in [-0.2, -0.15) is 10.1 Å². The van der Waals surface area contributed by atoms with E-state index in [9.17, 15) is 4.79 Å². The first-order chi connectivity index (χ1) is 8.77. The van der Waals surface area contributed by atoms with Gasteiger partial charge < -0.3 is 10.4 Å². The number of aliphatic hydroxyl groups is 1. The highest BCUT2D eigenvalue weighted by Crippen LogP contribution is 2.05. The second kappa shape index (κ2) is 8.43. The molecule has 0 aliphatic heterocycles. The molecule has 0 aromatic heterocycles. The van der Waals surface area contributed by atoms with Crippen molar-refractivity contribution in [2.24, 2.45) is 10.3 Å². The van der Waals surface area contributed by atoms with Crippen molar-refractivity contribution in [3.8, 4) is 0 Å². The van der Waals surface area contributed by atoms with Crippen LogP contribution < -0.4 is 5.32 Å². The molecule has 0 bridgehead atoms. The van der Waals surface area contributed by atoms with Gasteiger partial charge in [0.25, 0.3) is 0 Å². The molecule has 18 heavy (non-hydrogen) atoms. The van der Waals surface area contributed by atoms with Crippen LogP contribution in [0.15, 0.2) is 40.7 Å². The van der Waals surface area contributed by atoms with E-state index in [1.165, 1.54) is 0 Å². The number of rotatable bonds is 6. The van der Waals surface area contributed by atoms with Crippen LogP contribution in [0.5, 0.6) is 0 Å². The van der Waals surface area contributed by atoms with E-state index in [1.54, 1.807) is 0 Å². The summed E-state index contributed by atoms with van der Waals surface area (Å²) in [4.78, 5) is 11.6. The zero-order valence-corrected chi connectivity index (χ0v) is 10.5. The Hall–Kier alpha value is -1.66. The van der Waals surface area contributed by atoms with Gasteiger partial charge in [0.15, 0.2) is 0 Å². The van der Waals surface area contributed by atoms with Crippen molar-refractivity contribution in [1.29, 1.82) is 0 Å². The normalized spacial score (nSPS) is 10.6. The van der Waals surface area contributed by atoms with Gasteiger partial charge in [-0.3, -0.25) is 0 Å². The molecule has 0 fully saturated rings. The molecule has 0 aliphatic rings. The third-order valence-corrected chi connectivity index (χ3v) is 2.16. The first-order valence-electron chi connectivity index (χ1n) is 5.41. The van der Waals surface area contributed by atoms with Gasteiger partial charge in [-0.25, -0.2) is 4.79 Å². The molecule has 0 spiro atoms. The predicted molar refractivity (Wildman–Crippen MR) is 68.0 cm³/mol. The largest absolute Gasteiger partial charge is 0.376 e. The van der Waals surface area contributed by atoms with Crippen LogP contribution in [0.25, 0.3) is 0 Å². The highest BCUT2D eigenvalue weighted by Gasteiger charge is 2.12. The summed E-state index contributed by atoms with van der Waals surface area (Å²) in [6, 6.07) is 8.85. The molecule has 1 aromatic carbocycles. The Morgan fingerprint density at radius 2 is 2.11 bits per heavy atom. The number of urea groups is 1. The molecule has 0 aliphatic carbocycles. The van der Waals surface area contributed by atoms with Crippen molar-refractivity contribution in [3.63, 3.8) is 0 Å². The zero-order chi connectivity index (χ0) is 13.2. The number of halogens is 1. The first kappa shape index (κ1) is 14.4. The minimum absolute atomic E-state index is 0.276. The lowest BCUT2D eigenvalue weighted by Crippen LogP contribution is -2.36. The molecule has 0 saturated carbocycles. The van der Waals surface area contributed by atoms with Crippen LogP contribution in [0.1, 0.15) is 5.56 Å². The fourth-order valence-electron chi connectivity index (χ4n) is 1.22. The highest BCUT2D eigenvalue weighted by molar-refractivity contribution is 6.18. The average Bonchev–Trinajstić information content (AvgIpc) is 2.39. The van der Waals surface area contributed by atoms with Gasteiger partial charge in [-0.05, 0) is 5.56 Å². The smallest absolute Gasteiger partial charge is 0.341 e. The molecule has 0 unspecified atom stereocenters. The number of carbonyl (C=O) groups is 1. The van der Waals surface area contributed by atoms with Gasteiger partial charge in [-0.1, -0.05) is 35.6 Å². The van der Waals surface area contributed by atoms with Crippen LogP contribution in [0.4, 0.5) is 4.79 Å². The minimum Gasteiger partial charge on any atom is -0.376 e. The number of nitrogens with one attached hydrogen (secondary N) is 1. The number of carbonyl (C=O) groups excluding carboxylic acids is 1. The summed E-state index contributed by atoms with van der Waals surface area (Å²) in [5.74, 6) is 0.338. The van der Waals surface area contributed by atoms with Crippen molar-refractivity contribution in [2.45, 2.75) is 6.54 Å². The lowest BCUT2D eigenvalue weighted by molar-refractivity contribution is 0.175. The lowest BCUT2D eigenvalue weighted by Gasteiger charge is -2.15. The van der Waals surface area contributed by atoms with Crippen molar-refractivity contribution < 1.29 is 9.90 Å². The number of hydrogen-bond donors (Lipinski definition) is 2. The Kier molecular flexibility index (Phi) is 6.75. The number of hydrogen-bond acceptors (Lipinski definition) is 4. The third kappa shape index (κ3) is 5.11. The van der Waals surface area contributed by atoms with Gasteiger partial charge in [0.1, 0.15) is 6.73 Å². The molecule has 0 heterocycles. The molecule has 1 rings (SSSR count). The van der Waals surface area contributed by atoms with Gasteiger partial charge in [0, 0.05) is 5.88 Å². The average molecular weight is 271 g/mol. The topological polar surface area (TPSA) is 77.3 Å². The number of benzene rings is 1. The van der Waals surface area contributed by atoms with Crippen LogP contribution in [-0.2, 0) is 6.54 Å².